The third kappa shape index (κ3) is 3.66. The molecule has 0 bridgehead atoms. The molecular formula is C49H29N3. The number of pyridine rings is 1. The van der Waals surface area contributed by atoms with Gasteiger partial charge in [0, 0.05) is 55.2 Å². The van der Waals surface area contributed by atoms with Gasteiger partial charge in [-0.2, -0.15) is 0 Å². The second kappa shape index (κ2) is 10.3. The zero-order valence-electron chi connectivity index (χ0n) is 28.1. The Balaban J connectivity index is 1.10. The molecule has 3 nitrogen and oxygen atoms in total. The average molecular weight is 660 g/mol. The molecule has 0 amide bonds. The fourth-order valence-electron chi connectivity index (χ4n) is 9.03. The fourth-order valence-corrected chi connectivity index (χ4v) is 9.03. The lowest BCUT2D eigenvalue weighted by molar-refractivity contribution is 1.09. The van der Waals surface area contributed by atoms with E-state index in [2.05, 4.69) is 179 Å². The zero-order chi connectivity index (χ0) is 33.9. The first-order valence-corrected chi connectivity index (χ1v) is 17.9. The summed E-state index contributed by atoms with van der Waals surface area (Å²) in [7, 11) is 0. The van der Waals surface area contributed by atoms with Crippen LogP contribution in [0.1, 0.15) is 0 Å². The summed E-state index contributed by atoms with van der Waals surface area (Å²) in [5, 5.41) is 9.92. The van der Waals surface area contributed by atoms with Crippen LogP contribution in [0.25, 0.3) is 110 Å². The molecule has 0 fully saturated rings. The Morgan fingerprint density at radius 3 is 1.87 bits per heavy atom. The van der Waals surface area contributed by atoms with Crippen molar-refractivity contribution in [3.8, 4) is 44.9 Å². The summed E-state index contributed by atoms with van der Waals surface area (Å²) in [5.74, 6) is 0.978. The van der Waals surface area contributed by atoms with Crippen molar-refractivity contribution in [1.29, 1.82) is 0 Å². The molecule has 0 spiro atoms. The highest BCUT2D eigenvalue weighted by atomic mass is 15.1. The van der Waals surface area contributed by atoms with Gasteiger partial charge in [0.2, 0.25) is 0 Å². The van der Waals surface area contributed by atoms with Gasteiger partial charge in [0.05, 0.1) is 22.1 Å². The molecule has 3 heterocycles. The van der Waals surface area contributed by atoms with Gasteiger partial charge in [-0.1, -0.05) is 127 Å². The van der Waals surface area contributed by atoms with Gasteiger partial charge in [-0.25, -0.2) is 4.98 Å². The first-order chi connectivity index (χ1) is 25.8. The van der Waals surface area contributed by atoms with Crippen molar-refractivity contribution >= 4 is 65.2 Å². The molecule has 0 saturated heterocycles. The van der Waals surface area contributed by atoms with Crippen LogP contribution in [0.4, 0.5) is 0 Å². The number of aromatic nitrogens is 3. The number of hydrogen-bond donors (Lipinski definition) is 0. The van der Waals surface area contributed by atoms with E-state index in [1.807, 2.05) is 6.20 Å². The van der Waals surface area contributed by atoms with Crippen molar-refractivity contribution < 1.29 is 0 Å². The van der Waals surface area contributed by atoms with E-state index in [0.29, 0.717) is 0 Å². The molecule has 3 aromatic heterocycles. The molecule has 1 aliphatic carbocycles. The van der Waals surface area contributed by atoms with Crippen LogP contribution in [-0.4, -0.2) is 14.1 Å². The summed E-state index contributed by atoms with van der Waals surface area (Å²) in [5.41, 5.74) is 13.4. The van der Waals surface area contributed by atoms with Crippen molar-refractivity contribution in [1.82, 2.24) is 14.1 Å². The highest BCUT2D eigenvalue weighted by Crippen LogP contribution is 2.50. The average Bonchev–Trinajstić information content (AvgIpc) is 3.85. The molecule has 12 rings (SSSR count). The van der Waals surface area contributed by atoms with E-state index in [-0.39, 0.29) is 0 Å². The first kappa shape index (κ1) is 27.8. The Morgan fingerprint density at radius 2 is 1.02 bits per heavy atom. The third-order valence-corrected chi connectivity index (χ3v) is 11.3. The van der Waals surface area contributed by atoms with Crippen molar-refractivity contribution in [2.45, 2.75) is 0 Å². The molecule has 3 heteroatoms. The highest BCUT2D eigenvalue weighted by Gasteiger charge is 2.27. The molecule has 11 aromatic rings. The van der Waals surface area contributed by atoms with Crippen molar-refractivity contribution in [3.63, 3.8) is 0 Å². The lowest BCUT2D eigenvalue weighted by Gasteiger charge is -2.13. The predicted molar refractivity (Wildman–Crippen MR) is 218 cm³/mol. The topological polar surface area (TPSA) is 22.8 Å². The lowest BCUT2D eigenvalue weighted by atomic mass is 10.00. The van der Waals surface area contributed by atoms with E-state index in [9.17, 15) is 0 Å². The zero-order valence-corrected chi connectivity index (χ0v) is 28.1. The largest absolute Gasteiger partial charge is 0.309 e. The summed E-state index contributed by atoms with van der Waals surface area (Å²) in [6, 6.07) is 62.0. The smallest absolute Gasteiger partial charge is 0.146 e. The highest BCUT2D eigenvalue weighted by molar-refractivity contribution is 6.20. The van der Waals surface area contributed by atoms with Gasteiger partial charge in [-0.15, -0.1) is 0 Å². The summed E-state index contributed by atoms with van der Waals surface area (Å²) < 4.78 is 4.81. The molecule has 0 N–H and O–H groups in total. The normalized spacial score (nSPS) is 12.2. The number of benzene rings is 8. The molecule has 240 valence electrons. The SMILES string of the molecule is c1ccc(-n2c3ccc(-c4ccc5c(c4)c4ccccc4n5-c4ncc5cccc6c5c4-c4ccccc4-6)cc3c3ccc4ccccc4c32)cc1. The maximum atomic E-state index is 5.21. The quantitative estimate of drug-likeness (QED) is 0.185. The van der Waals surface area contributed by atoms with Crippen LogP contribution in [0.5, 0.6) is 0 Å². The maximum absolute atomic E-state index is 5.21. The molecule has 0 aliphatic heterocycles. The molecule has 8 aromatic carbocycles. The van der Waals surface area contributed by atoms with Gasteiger partial charge in [-0.05, 0) is 75.7 Å². The Morgan fingerprint density at radius 1 is 0.385 bits per heavy atom. The van der Waals surface area contributed by atoms with Crippen LogP contribution in [0.3, 0.4) is 0 Å². The summed E-state index contributed by atoms with van der Waals surface area (Å²) in [6.45, 7) is 0. The van der Waals surface area contributed by atoms with Gasteiger partial charge < -0.3 is 4.57 Å². The van der Waals surface area contributed by atoms with Gasteiger partial charge in [0.25, 0.3) is 0 Å². The lowest BCUT2D eigenvalue weighted by Crippen LogP contribution is -2.00. The minimum atomic E-state index is 0.978. The van der Waals surface area contributed by atoms with Crippen LogP contribution in [-0.2, 0) is 0 Å². The third-order valence-electron chi connectivity index (χ3n) is 11.3. The van der Waals surface area contributed by atoms with E-state index in [1.165, 1.54) is 93.2 Å². The van der Waals surface area contributed by atoms with Crippen LogP contribution in [0.15, 0.2) is 176 Å². The molecule has 52 heavy (non-hydrogen) atoms. The molecule has 0 radical (unpaired) electrons. The summed E-state index contributed by atoms with van der Waals surface area (Å²) >= 11 is 0. The van der Waals surface area contributed by atoms with Gasteiger partial charge in [0.1, 0.15) is 5.82 Å². The van der Waals surface area contributed by atoms with Crippen LogP contribution in [0, 0.1) is 0 Å². The fraction of sp³-hybridized carbons (Fsp3) is 0. The van der Waals surface area contributed by atoms with Gasteiger partial charge in [-0.3, -0.25) is 4.57 Å². The second-order valence-electron chi connectivity index (χ2n) is 13.9. The molecule has 1 aliphatic rings. The second-order valence-corrected chi connectivity index (χ2v) is 13.9. The van der Waals surface area contributed by atoms with Crippen LogP contribution < -0.4 is 0 Å². The number of para-hydroxylation sites is 2. The van der Waals surface area contributed by atoms with Crippen molar-refractivity contribution in [2.24, 2.45) is 0 Å². The molecule has 0 unspecified atom stereocenters. The number of nitrogens with zero attached hydrogens (tertiary/aromatic N) is 3. The van der Waals surface area contributed by atoms with E-state index in [4.69, 9.17) is 4.98 Å². The molecule has 0 atom stereocenters. The Bertz CT molecular complexity index is 3290. The Labute approximate surface area is 299 Å². The number of hydrogen-bond acceptors (Lipinski definition) is 1. The maximum Gasteiger partial charge on any atom is 0.146 e. The number of rotatable bonds is 3. The molecular weight excluding hydrogens is 631 g/mol. The van der Waals surface area contributed by atoms with Gasteiger partial charge >= 0.3 is 0 Å². The van der Waals surface area contributed by atoms with Crippen LogP contribution >= 0.6 is 0 Å². The monoisotopic (exact) mass is 659 g/mol. The van der Waals surface area contributed by atoms with Crippen LogP contribution in [0.2, 0.25) is 0 Å². The minimum absolute atomic E-state index is 0.978. The first-order valence-electron chi connectivity index (χ1n) is 17.9. The predicted octanol–water partition coefficient (Wildman–Crippen LogP) is 12.9. The standard InChI is InChI=1S/C49H29N3/c1-2-13-34(14-3-1)51-44-25-22-32(28-42(44)40-24-21-30-11-4-5-15-35(30)48(40)51)31-23-26-45-41(27-31)37-17-8-9-20-43(37)52(45)49-47-39-18-7-6-16-36(39)38-19-10-12-33(29-50-49)46(38)47/h1-29H. The molecule has 0 saturated carbocycles. The minimum Gasteiger partial charge on any atom is -0.309 e. The van der Waals surface area contributed by atoms with Crippen molar-refractivity contribution in [2.75, 3.05) is 0 Å². The van der Waals surface area contributed by atoms with E-state index >= 15 is 0 Å². The summed E-state index contributed by atoms with van der Waals surface area (Å²) in [6.07, 6.45) is 2.04. The van der Waals surface area contributed by atoms with E-state index < -0.39 is 0 Å². The Kier molecular flexibility index (Phi) is 5.50. The summed E-state index contributed by atoms with van der Waals surface area (Å²) in [4.78, 5) is 5.21. The van der Waals surface area contributed by atoms with Crippen molar-refractivity contribution in [3.05, 3.63) is 176 Å². The van der Waals surface area contributed by atoms with Gasteiger partial charge in [0.15, 0.2) is 0 Å². The Hall–Kier alpha value is -6.97. The number of fused-ring (bicyclic) bond motifs is 11. The van der Waals surface area contributed by atoms with E-state index in [0.717, 1.165) is 16.9 Å². The van der Waals surface area contributed by atoms with E-state index in [1.54, 1.807) is 0 Å².